The van der Waals surface area contributed by atoms with Crippen molar-refractivity contribution in [3.63, 3.8) is 0 Å². The minimum Gasteiger partial charge on any atom is -0.452 e. The molecule has 0 saturated carbocycles. The van der Waals surface area contributed by atoms with Gasteiger partial charge in [-0.25, -0.2) is 9.97 Å². The lowest BCUT2D eigenvalue weighted by Crippen LogP contribution is -1.97. The molecule has 0 unspecified atom stereocenters. The highest BCUT2D eigenvalue weighted by atomic mass is 16.3. The summed E-state index contributed by atoms with van der Waals surface area (Å²) in [6.07, 6.45) is 0. The number of furan rings is 1. The first-order valence-corrected chi connectivity index (χ1v) is 21.2. The van der Waals surface area contributed by atoms with Crippen molar-refractivity contribution in [3.05, 3.63) is 200 Å². The molecule has 1 aliphatic carbocycles. The third-order valence-electron chi connectivity index (χ3n) is 13.2. The number of benzene rings is 10. The van der Waals surface area contributed by atoms with Gasteiger partial charge >= 0.3 is 0 Å². The third-order valence-corrected chi connectivity index (χ3v) is 13.2. The van der Waals surface area contributed by atoms with Crippen molar-refractivity contribution < 1.29 is 4.42 Å². The van der Waals surface area contributed by atoms with Crippen LogP contribution in [-0.4, -0.2) is 14.5 Å². The van der Waals surface area contributed by atoms with E-state index in [-0.39, 0.29) is 0 Å². The van der Waals surface area contributed by atoms with Crippen molar-refractivity contribution in [2.45, 2.75) is 0 Å². The lowest BCUT2D eigenvalue weighted by Gasteiger charge is -2.12. The highest BCUT2D eigenvalue weighted by molar-refractivity contribution is 6.28. The number of rotatable bonds is 4. The Morgan fingerprint density at radius 3 is 1.69 bits per heavy atom. The Labute approximate surface area is 355 Å². The highest BCUT2D eigenvalue weighted by Crippen LogP contribution is 2.50. The summed E-state index contributed by atoms with van der Waals surface area (Å²) in [5, 5.41) is 10.9. The van der Waals surface area contributed by atoms with Crippen LogP contribution in [0.25, 0.3) is 138 Å². The van der Waals surface area contributed by atoms with Crippen LogP contribution >= 0.6 is 0 Å². The Morgan fingerprint density at radius 1 is 0.371 bits per heavy atom. The van der Waals surface area contributed by atoms with E-state index in [1.165, 1.54) is 71.0 Å². The van der Waals surface area contributed by atoms with Crippen molar-refractivity contribution >= 4 is 76.2 Å². The summed E-state index contributed by atoms with van der Waals surface area (Å²) in [5.74, 6) is 0.652. The van der Waals surface area contributed by atoms with Crippen LogP contribution in [0, 0.1) is 0 Å². The zero-order chi connectivity index (χ0) is 40.5. The topological polar surface area (TPSA) is 43.9 Å². The third kappa shape index (κ3) is 4.66. The smallest absolute Gasteiger partial charge is 0.180 e. The van der Waals surface area contributed by atoms with Crippen molar-refractivity contribution in [2.75, 3.05) is 0 Å². The average molecular weight is 788 g/mol. The molecule has 0 bridgehead atoms. The molecule has 0 fully saturated rings. The molecule has 1 aliphatic rings. The second-order valence-electron chi connectivity index (χ2n) is 16.4. The summed E-state index contributed by atoms with van der Waals surface area (Å²) in [7, 11) is 0. The number of aromatic nitrogens is 3. The zero-order valence-electron chi connectivity index (χ0n) is 33.3. The van der Waals surface area contributed by atoms with Crippen molar-refractivity contribution in [1.29, 1.82) is 0 Å². The Hall–Kier alpha value is -8.34. The predicted molar refractivity (Wildman–Crippen MR) is 257 cm³/mol. The van der Waals surface area contributed by atoms with Crippen LogP contribution in [-0.2, 0) is 0 Å². The first-order valence-electron chi connectivity index (χ1n) is 21.2. The highest BCUT2D eigenvalue weighted by Gasteiger charge is 2.26. The number of hydrogen-bond acceptors (Lipinski definition) is 3. The molecule has 0 saturated heterocycles. The Kier molecular flexibility index (Phi) is 6.80. The second kappa shape index (κ2) is 12.6. The van der Waals surface area contributed by atoms with E-state index in [1.807, 2.05) is 6.07 Å². The van der Waals surface area contributed by atoms with E-state index in [0.717, 1.165) is 55.5 Å². The van der Waals surface area contributed by atoms with Crippen LogP contribution in [0.3, 0.4) is 0 Å². The van der Waals surface area contributed by atoms with Gasteiger partial charge in [0.1, 0.15) is 16.8 Å². The quantitative estimate of drug-likeness (QED) is 0.178. The summed E-state index contributed by atoms with van der Waals surface area (Å²) >= 11 is 0. The minimum absolute atomic E-state index is 0.652. The fourth-order valence-corrected chi connectivity index (χ4v) is 10.4. The van der Waals surface area contributed by atoms with Gasteiger partial charge in [0.2, 0.25) is 0 Å². The second-order valence-corrected chi connectivity index (χ2v) is 16.4. The fraction of sp³-hybridized carbons (Fsp3) is 0. The van der Waals surface area contributed by atoms with Crippen LogP contribution in [0.4, 0.5) is 0 Å². The number of fused-ring (bicyclic) bond motifs is 13. The molecule has 0 atom stereocenters. The molecular weight excluding hydrogens is 755 g/mol. The Balaban J connectivity index is 0.987. The first-order chi connectivity index (χ1) is 30.7. The minimum atomic E-state index is 0.652. The first kappa shape index (κ1) is 33.5. The monoisotopic (exact) mass is 787 g/mol. The molecule has 4 heteroatoms. The molecule has 4 nitrogen and oxygen atoms in total. The van der Waals surface area contributed by atoms with E-state index in [4.69, 9.17) is 14.4 Å². The normalized spacial score (nSPS) is 12.2. The van der Waals surface area contributed by atoms with Crippen molar-refractivity contribution in [3.8, 4) is 61.7 Å². The van der Waals surface area contributed by atoms with Gasteiger partial charge in [0, 0.05) is 33.0 Å². The lowest BCUT2D eigenvalue weighted by molar-refractivity contribution is 0.667. The molecular formula is C58H33N3O. The molecule has 286 valence electrons. The van der Waals surface area contributed by atoms with Gasteiger partial charge in [-0.3, -0.25) is 0 Å². The standard InChI is InChI=1S/C58H33N3O/c1-2-11-34(12-3-1)38-23-28-48-51(33-38)62-57-55(47-30-29-46-43-18-9-8-17-42(43)44-19-10-20-45(47)52(44)46)59-58(60-56(48)57)37-21-26-39(27-22-37)61-49-31-24-35-13-4-6-15-40(35)53(49)54-41-16-7-5-14-36(41)25-32-50(54)61/h1-33H. The SMILES string of the molecule is c1ccc(-c2ccc3c(c2)oc2c(-c4ccc5c6c(cccc46)-c4ccccc4-5)nc(-c4ccc(-n5c6ccc7ccccc7c6c6c7ccccc7ccc65)cc4)nc23)cc1. The van der Waals surface area contributed by atoms with Crippen LogP contribution < -0.4 is 0 Å². The maximum atomic E-state index is 6.86. The molecule has 3 aromatic heterocycles. The maximum absolute atomic E-state index is 6.86. The molecule has 0 amide bonds. The number of nitrogens with zero attached hydrogens (tertiary/aromatic N) is 3. The van der Waals surface area contributed by atoms with Gasteiger partial charge in [-0.05, 0) is 114 Å². The summed E-state index contributed by atoms with van der Waals surface area (Å²) in [5.41, 5.74) is 15.7. The van der Waals surface area contributed by atoms with Gasteiger partial charge in [0.15, 0.2) is 11.4 Å². The molecule has 62 heavy (non-hydrogen) atoms. The van der Waals surface area contributed by atoms with Gasteiger partial charge < -0.3 is 8.98 Å². The van der Waals surface area contributed by atoms with Crippen molar-refractivity contribution in [1.82, 2.24) is 14.5 Å². The van der Waals surface area contributed by atoms with Crippen LogP contribution in [0.1, 0.15) is 0 Å². The van der Waals surface area contributed by atoms with Gasteiger partial charge in [0.05, 0.1) is 11.0 Å². The van der Waals surface area contributed by atoms with Crippen LogP contribution in [0.5, 0.6) is 0 Å². The summed E-state index contributed by atoms with van der Waals surface area (Å²) in [6.45, 7) is 0. The fourth-order valence-electron chi connectivity index (χ4n) is 10.4. The molecule has 10 aromatic carbocycles. The molecule has 0 aliphatic heterocycles. The summed E-state index contributed by atoms with van der Waals surface area (Å²) in [6, 6.07) is 71.9. The Bertz CT molecular complexity index is 3900. The largest absolute Gasteiger partial charge is 0.452 e. The molecule has 14 rings (SSSR count). The van der Waals surface area contributed by atoms with E-state index in [0.29, 0.717) is 11.4 Å². The van der Waals surface area contributed by atoms with Crippen molar-refractivity contribution in [2.24, 2.45) is 0 Å². The molecule has 0 spiro atoms. The van der Waals surface area contributed by atoms with Crippen LogP contribution in [0.2, 0.25) is 0 Å². The van der Waals surface area contributed by atoms with Gasteiger partial charge in [-0.2, -0.15) is 0 Å². The van der Waals surface area contributed by atoms with E-state index in [1.54, 1.807) is 0 Å². The van der Waals surface area contributed by atoms with Gasteiger partial charge in [-0.1, -0.05) is 152 Å². The summed E-state index contributed by atoms with van der Waals surface area (Å²) < 4.78 is 9.26. The molecule has 13 aromatic rings. The Morgan fingerprint density at radius 2 is 0.968 bits per heavy atom. The predicted octanol–water partition coefficient (Wildman–Crippen LogP) is 15.6. The number of hydrogen-bond donors (Lipinski definition) is 0. The van der Waals surface area contributed by atoms with Gasteiger partial charge in [-0.15, -0.1) is 0 Å². The van der Waals surface area contributed by atoms with E-state index >= 15 is 0 Å². The van der Waals surface area contributed by atoms with E-state index in [2.05, 4.69) is 199 Å². The van der Waals surface area contributed by atoms with E-state index < -0.39 is 0 Å². The lowest BCUT2D eigenvalue weighted by atomic mass is 9.96. The van der Waals surface area contributed by atoms with Gasteiger partial charge in [0.25, 0.3) is 0 Å². The molecule has 0 radical (unpaired) electrons. The van der Waals surface area contributed by atoms with E-state index in [9.17, 15) is 0 Å². The maximum Gasteiger partial charge on any atom is 0.180 e. The average Bonchev–Trinajstić information content (AvgIpc) is 4.00. The molecule has 3 heterocycles. The van der Waals surface area contributed by atoms with Crippen LogP contribution in [0.15, 0.2) is 205 Å². The summed E-state index contributed by atoms with van der Waals surface area (Å²) in [4.78, 5) is 10.8. The zero-order valence-corrected chi connectivity index (χ0v) is 33.3. The molecule has 0 N–H and O–H groups in total.